The van der Waals surface area contributed by atoms with Crippen LogP contribution in [-0.2, 0) is 4.74 Å². The number of carbonyl (C=O) groups excluding carboxylic acids is 1. The Labute approximate surface area is 123 Å². The van der Waals surface area contributed by atoms with Crippen LogP contribution in [0.4, 0.5) is 0 Å². The van der Waals surface area contributed by atoms with Gasteiger partial charge in [-0.15, -0.1) is 0 Å². The van der Waals surface area contributed by atoms with Crippen LogP contribution in [0.25, 0.3) is 0 Å². The van der Waals surface area contributed by atoms with Crippen molar-refractivity contribution in [2.45, 2.75) is 13.0 Å². The molecule has 0 saturated heterocycles. The minimum absolute atomic E-state index is 0.275. The van der Waals surface area contributed by atoms with E-state index in [1.165, 1.54) is 0 Å². The first kappa shape index (κ1) is 13.5. The number of esters is 1. The van der Waals surface area contributed by atoms with E-state index in [9.17, 15) is 4.79 Å². The average molecular weight is 284 g/mol. The smallest absolute Gasteiger partial charge is 0.339 e. The number of methoxy groups -OCH3 is 2. The maximum absolute atomic E-state index is 12.1. The summed E-state index contributed by atoms with van der Waals surface area (Å²) in [5.41, 5.74) is 3.36. The van der Waals surface area contributed by atoms with Crippen LogP contribution >= 0.6 is 0 Å². The molecule has 2 aromatic carbocycles. The maximum atomic E-state index is 12.1. The van der Waals surface area contributed by atoms with Gasteiger partial charge in [-0.2, -0.15) is 0 Å². The van der Waals surface area contributed by atoms with E-state index in [1.807, 2.05) is 43.3 Å². The zero-order valence-corrected chi connectivity index (χ0v) is 12.2. The van der Waals surface area contributed by atoms with Gasteiger partial charge >= 0.3 is 5.97 Å². The molecule has 0 radical (unpaired) electrons. The molecule has 4 nitrogen and oxygen atoms in total. The molecule has 0 spiro atoms. The summed E-state index contributed by atoms with van der Waals surface area (Å²) in [6.45, 7) is 1.91. The molecule has 1 unspecified atom stereocenters. The summed E-state index contributed by atoms with van der Waals surface area (Å²) in [5, 5.41) is 0. The van der Waals surface area contributed by atoms with E-state index >= 15 is 0 Å². The lowest BCUT2D eigenvalue weighted by atomic mass is 9.96. The first-order valence-electron chi connectivity index (χ1n) is 6.68. The number of carbonyl (C=O) groups is 1. The number of hydrogen-bond acceptors (Lipinski definition) is 4. The predicted octanol–water partition coefficient (Wildman–Crippen LogP) is 3.27. The van der Waals surface area contributed by atoms with Crippen LogP contribution in [-0.4, -0.2) is 20.2 Å². The van der Waals surface area contributed by atoms with Gasteiger partial charge in [0.25, 0.3) is 0 Å². The highest BCUT2D eigenvalue weighted by Gasteiger charge is 2.33. The van der Waals surface area contributed by atoms with E-state index in [4.69, 9.17) is 14.2 Å². The van der Waals surface area contributed by atoms with Crippen LogP contribution in [0.5, 0.6) is 11.5 Å². The number of ether oxygens (including phenoxy) is 3. The van der Waals surface area contributed by atoms with Gasteiger partial charge in [-0.1, -0.05) is 24.3 Å². The summed E-state index contributed by atoms with van der Waals surface area (Å²) in [6.07, 6.45) is -0.396. The molecule has 0 aromatic heterocycles. The van der Waals surface area contributed by atoms with Crippen molar-refractivity contribution in [3.63, 3.8) is 0 Å². The second kappa shape index (κ2) is 5.13. The van der Waals surface area contributed by atoms with E-state index in [1.54, 1.807) is 14.2 Å². The Kier molecular flexibility index (Phi) is 3.29. The Bertz CT molecular complexity index is 706. The van der Waals surface area contributed by atoms with E-state index < -0.39 is 6.10 Å². The third kappa shape index (κ3) is 2.13. The average Bonchev–Trinajstić information content (AvgIpc) is 2.85. The molecule has 1 aliphatic heterocycles. The van der Waals surface area contributed by atoms with Crippen molar-refractivity contribution >= 4 is 5.97 Å². The fraction of sp³-hybridized carbons (Fsp3) is 0.235. The number of aryl methyl sites for hydroxylation is 1. The summed E-state index contributed by atoms with van der Waals surface area (Å²) >= 11 is 0. The zero-order valence-electron chi connectivity index (χ0n) is 12.2. The molecule has 0 N–H and O–H groups in total. The number of cyclic esters (lactones) is 1. The molecular formula is C17H16O4. The molecule has 0 amide bonds. The minimum Gasteiger partial charge on any atom is -0.493 e. The van der Waals surface area contributed by atoms with Gasteiger partial charge in [0.15, 0.2) is 17.6 Å². The standard InChI is InChI=1S/C17H16O4/c1-10-5-4-6-12-15(10)17(18)21-16(12)11-7-8-13(19-2)14(9-11)20-3/h4-9,16H,1-3H3. The Morgan fingerprint density at radius 3 is 2.52 bits per heavy atom. The molecule has 4 heteroatoms. The van der Waals surface area contributed by atoms with Gasteiger partial charge in [0.2, 0.25) is 0 Å². The lowest BCUT2D eigenvalue weighted by Crippen LogP contribution is -2.01. The lowest BCUT2D eigenvalue weighted by Gasteiger charge is -2.14. The quantitative estimate of drug-likeness (QED) is 0.811. The Morgan fingerprint density at radius 2 is 1.81 bits per heavy atom. The maximum Gasteiger partial charge on any atom is 0.339 e. The fourth-order valence-corrected chi connectivity index (χ4v) is 2.68. The molecule has 3 rings (SSSR count). The van der Waals surface area contributed by atoms with Gasteiger partial charge in [0.05, 0.1) is 19.8 Å². The van der Waals surface area contributed by atoms with Crippen LogP contribution in [0.15, 0.2) is 36.4 Å². The largest absolute Gasteiger partial charge is 0.493 e. The number of hydrogen-bond donors (Lipinski definition) is 0. The van der Waals surface area contributed by atoms with E-state index in [-0.39, 0.29) is 5.97 Å². The van der Waals surface area contributed by atoms with Crippen molar-refractivity contribution in [3.8, 4) is 11.5 Å². The second-order valence-electron chi connectivity index (χ2n) is 4.94. The van der Waals surface area contributed by atoms with Crippen molar-refractivity contribution in [2.75, 3.05) is 14.2 Å². The Balaban J connectivity index is 2.08. The normalized spacial score (nSPS) is 16.3. The first-order valence-corrected chi connectivity index (χ1v) is 6.68. The minimum atomic E-state index is -0.396. The van der Waals surface area contributed by atoms with Gasteiger partial charge in [-0.05, 0) is 24.6 Å². The number of rotatable bonds is 3. The van der Waals surface area contributed by atoms with Crippen LogP contribution < -0.4 is 9.47 Å². The van der Waals surface area contributed by atoms with Crippen LogP contribution in [0.2, 0.25) is 0 Å². The highest BCUT2D eigenvalue weighted by Crippen LogP contribution is 2.39. The molecular weight excluding hydrogens is 268 g/mol. The van der Waals surface area contributed by atoms with Gasteiger partial charge in [0.1, 0.15) is 0 Å². The first-order chi connectivity index (χ1) is 10.2. The van der Waals surface area contributed by atoms with Crippen LogP contribution in [0.3, 0.4) is 0 Å². The molecule has 0 saturated carbocycles. The molecule has 1 aliphatic rings. The van der Waals surface area contributed by atoms with E-state index in [0.717, 1.165) is 16.7 Å². The monoisotopic (exact) mass is 284 g/mol. The topological polar surface area (TPSA) is 44.8 Å². The van der Waals surface area contributed by atoms with Crippen molar-refractivity contribution in [2.24, 2.45) is 0 Å². The highest BCUT2D eigenvalue weighted by atomic mass is 16.5. The summed E-state index contributed by atoms with van der Waals surface area (Å²) in [6, 6.07) is 11.3. The molecule has 2 aromatic rings. The number of benzene rings is 2. The predicted molar refractivity (Wildman–Crippen MR) is 78.0 cm³/mol. The Morgan fingerprint density at radius 1 is 1.05 bits per heavy atom. The molecule has 1 atom stereocenters. The van der Waals surface area contributed by atoms with Gasteiger partial charge in [-0.3, -0.25) is 0 Å². The molecule has 0 aliphatic carbocycles. The molecule has 21 heavy (non-hydrogen) atoms. The summed E-state index contributed by atoms with van der Waals surface area (Å²) < 4.78 is 16.1. The summed E-state index contributed by atoms with van der Waals surface area (Å²) in [7, 11) is 3.17. The van der Waals surface area contributed by atoms with Gasteiger partial charge in [-0.25, -0.2) is 4.79 Å². The number of fused-ring (bicyclic) bond motifs is 1. The molecule has 0 bridgehead atoms. The highest BCUT2D eigenvalue weighted by molar-refractivity contribution is 5.96. The van der Waals surface area contributed by atoms with Crippen molar-refractivity contribution in [1.29, 1.82) is 0 Å². The van der Waals surface area contributed by atoms with Crippen molar-refractivity contribution < 1.29 is 19.0 Å². The summed E-state index contributed by atoms with van der Waals surface area (Å²) in [5.74, 6) is 0.991. The molecule has 108 valence electrons. The van der Waals surface area contributed by atoms with Gasteiger partial charge in [0, 0.05) is 11.1 Å². The molecule has 1 heterocycles. The lowest BCUT2D eigenvalue weighted by molar-refractivity contribution is 0.0455. The fourth-order valence-electron chi connectivity index (χ4n) is 2.68. The third-order valence-corrected chi connectivity index (χ3v) is 3.73. The SMILES string of the molecule is COc1ccc(C2OC(=O)c3c(C)cccc32)cc1OC. The summed E-state index contributed by atoms with van der Waals surface area (Å²) in [4.78, 5) is 12.1. The van der Waals surface area contributed by atoms with E-state index in [2.05, 4.69) is 0 Å². The molecule has 0 fully saturated rings. The second-order valence-corrected chi connectivity index (χ2v) is 4.94. The van der Waals surface area contributed by atoms with Crippen LogP contribution in [0.1, 0.15) is 33.2 Å². The Hall–Kier alpha value is -2.49. The van der Waals surface area contributed by atoms with Crippen LogP contribution in [0, 0.1) is 6.92 Å². The van der Waals surface area contributed by atoms with E-state index in [0.29, 0.717) is 17.1 Å². The van der Waals surface area contributed by atoms with Crippen molar-refractivity contribution in [1.82, 2.24) is 0 Å². The van der Waals surface area contributed by atoms with Crippen molar-refractivity contribution in [3.05, 3.63) is 58.7 Å². The third-order valence-electron chi connectivity index (χ3n) is 3.73. The zero-order chi connectivity index (χ0) is 15.0. The van der Waals surface area contributed by atoms with Gasteiger partial charge < -0.3 is 14.2 Å².